The summed E-state index contributed by atoms with van der Waals surface area (Å²) in [5, 5.41) is 0. The van der Waals surface area contributed by atoms with Crippen LogP contribution >= 0.6 is 0 Å². The molecule has 0 saturated carbocycles. The summed E-state index contributed by atoms with van der Waals surface area (Å²) in [6.45, 7) is 6.85. The molecule has 0 heterocycles. The van der Waals surface area contributed by atoms with E-state index in [9.17, 15) is 0 Å². The monoisotopic (exact) mass is 328 g/mol. The van der Waals surface area contributed by atoms with Gasteiger partial charge in [0.25, 0.3) is 0 Å². The van der Waals surface area contributed by atoms with E-state index in [1.165, 1.54) is 23.5 Å². The van der Waals surface area contributed by atoms with Gasteiger partial charge in [0.2, 0.25) is 0 Å². The van der Waals surface area contributed by atoms with Gasteiger partial charge < -0.3 is 9.13 Å². The lowest BCUT2D eigenvalue weighted by Gasteiger charge is -2.25. The molecule has 22 heavy (non-hydrogen) atoms. The highest BCUT2D eigenvalue weighted by Gasteiger charge is 2.06. The molecule has 0 aliphatic rings. The van der Waals surface area contributed by atoms with Crippen LogP contribution in [0.25, 0.3) is 0 Å². The second kappa shape index (κ2) is 9.48. The molecule has 0 bridgehead atoms. The van der Waals surface area contributed by atoms with Crippen molar-refractivity contribution < 1.29 is 0 Å². The van der Waals surface area contributed by atoms with Gasteiger partial charge in [-0.15, -0.1) is 0 Å². The summed E-state index contributed by atoms with van der Waals surface area (Å²) >= 11 is 0. The zero-order valence-electron chi connectivity index (χ0n) is 13.9. The zero-order valence-corrected chi connectivity index (χ0v) is 16.7. The van der Waals surface area contributed by atoms with E-state index < -0.39 is 0 Å². The SMILES string of the molecule is CCN([SiH2]CC[SiH2]N(CC)c1ccccc1)c1ccccc1. The van der Waals surface area contributed by atoms with Crippen LogP contribution in [-0.4, -0.2) is 32.5 Å². The van der Waals surface area contributed by atoms with Crippen LogP contribution < -0.4 is 9.13 Å². The van der Waals surface area contributed by atoms with Crippen molar-refractivity contribution in [2.24, 2.45) is 0 Å². The summed E-state index contributed by atoms with van der Waals surface area (Å²) < 4.78 is 5.24. The second-order valence-corrected chi connectivity index (χ2v) is 9.37. The van der Waals surface area contributed by atoms with Gasteiger partial charge in [0.05, 0.1) is 0 Å². The summed E-state index contributed by atoms with van der Waals surface area (Å²) in [7, 11) is -0.324. The Bertz CT molecular complexity index is 470. The molecule has 0 radical (unpaired) electrons. The van der Waals surface area contributed by atoms with Gasteiger partial charge in [-0.25, -0.2) is 0 Å². The second-order valence-electron chi connectivity index (χ2n) is 5.54. The molecule has 2 nitrogen and oxygen atoms in total. The molecule has 0 aliphatic heterocycles. The maximum Gasteiger partial charge on any atom is 0.124 e. The fourth-order valence-electron chi connectivity index (χ4n) is 2.82. The largest absolute Gasteiger partial charge is 0.403 e. The topological polar surface area (TPSA) is 6.48 Å². The average molecular weight is 329 g/mol. The van der Waals surface area contributed by atoms with Crippen molar-refractivity contribution in [2.45, 2.75) is 25.9 Å². The molecule has 0 saturated heterocycles. The fourth-order valence-corrected chi connectivity index (χ4v) is 6.95. The van der Waals surface area contributed by atoms with E-state index in [0.29, 0.717) is 0 Å². The number of anilines is 2. The van der Waals surface area contributed by atoms with Crippen molar-refractivity contribution in [3.8, 4) is 0 Å². The first-order valence-corrected chi connectivity index (χ1v) is 11.7. The Morgan fingerprint density at radius 2 is 1.00 bits per heavy atom. The molecular formula is C18H28N2Si2. The summed E-state index contributed by atoms with van der Waals surface area (Å²) in [6.07, 6.45) is 0. The Morgan fingerprint density at radius 3 is 1.32 bits per heavy atom. The van der Waals surface area contributed by atoms with Gasteiger partial charge >= 0.3 is 0 Å². The number of para-hydroxylation sites is 2. The Kier molecular flexibility index (Phi) is 7.26. The third-order valence-corrected chi connectivity index (χ3v) is 9.45. The molecule has 118 valence electrons. The number of hydrogen-bond donors (Lipinski definition) is 0. The maximum absolute atomic E-state index is 2.62. The van der Waals surface area contributed by atoms with E-state index in [2.05, 4.69) is 83.6 Å². The van der Waals surface area contributed by atoms with E-state index in [4.69, 9.17) is 0 Å². The van der Waals surface area contributed by atoms with Crippen LogP contribution in [-0.2, 0) is 0 Å². The molecule has 2 rings (SSSR count). The lowest BCUT2D eigenvalue weighted by molar-refractivity contribution is 1.06. The number of rotatable bonds is 9. The van der Waals surface area contributed by atoms with Crippen molar-refractivity contribution in [3.05, 3.63) is 60.7 Å². The highest BCUT2D eigenvalue weighted by molar-refractivity contribution is 6.47. The molecule has 0 fully saturated rings. The van der Waals surface area contributed by atoms with Gasteiger partial charge in [0.1, 0.15) is 19.4 Å². The normalized spacial score (nSPS) is 11.5. The van der Waals surface area contributed by atoms with E-state index in [1.54, 1.807) is 0 Å². The van der Waals surface area contributed by atoms with E-state index in [-0.39, 0.29) is 19.4 Å². The van der Waals surface area contributed by atoms with Crippen LogP contribution in [0.3, 0.4) is 0 Å². The first kappa shape index (κ1) is 16.8. The quantitative estimate of drug-likeness (QED) is 0.516. The van der Waals surface area contributed by atoms with Crippen molar-refractivity contribution in [2.75, 3.05) is 22.2 Å². The van der Waals surface area contributed by atoms with Crippen LogP contribution in [0.15, 0.2) is 60.7 Å². The smallest absolute Gasteiger partial charge is 0.124 e. The van der Waals surface area contributed by atoms with Crippen molar-refractivity contribution in [1.82, 2.24) is 0 Å². The lowest BCUT2D eigenvalue weighted by atomic mass is 10.3. The van der Waals surface area contributed by atoms with Gasteiger partial charge in [-0.1, -0.05) is 36.4 Å². The van der Waals surface area contributed by atoms with Crippen LogP contribution in [0, 0.1) is 0 Å². The minimum absolute atomic E-state index is 0.162. The first-order chi connectivity index (χ1) is 10.8. The van der Waals surface area contributed by atoms with Gasteiger partial charge in [-0.05, 0) is 50.2 Å². The average Bonchev–Trinajstić information content (AvgIpc) is 2.60. The van der Waals surface area contributed by atoms with Crippen molar-refractivity contribution in [3.63, 3.8) is 0 Å². The van der Waals surface area contributed by atoms with E-state index >= 15 is 0 Å². The summed E-state index contributed by atoms with van der Waals surface area (Å²) in [4.78, 5) is 0. The number of nitrogens with zero attached hydrogens (tertiary/aromatic N) is 2. The van der Waals surface area contributed by atoms with E-state index in [1.807, 2.05) is 0 Å². The minimum atomic E-state index is -0.162. The summed E-state index contributed by atoms with van der Waals surface area (Å²) in [5.41, 5.74) is 2.82. The first-order valence-electron chi connectivity index (χ1n) is 8.45. The predicted octanol–water partition coefficient (Wildman–Crippen LogP) is 3.04. The molecule has 0 N–H and O–H groups in total. The minimum Gasteiger partial charge on any atom is -0.403 e. The molecule has 2 aromatic carbocycles. The summed E-state index contributed by atoms with van der Waals surface area (Å²) in [6, 6.07) is 24.6. The molecular weight excluding hydrogens is 300 g/mol. The van der Waals surface area contributed by atoms with Gasteiger partial charge in [-0.2, -0.15) is 0 Å². The Morgan fingerprint density at radius 1 is 0.636 bits per heavy atom. The third-order valence-electron chi connectivity index (χ3n) is 4.11. The molecule has 4 heteroatoms. The van der Waals surface area contributed by atoms with Crippen LogP contribution in [0.4, 0.5) is 11.4 Å². The zero-order chi connectivity index (χ0) is 15.6. The highest BCUT2D eigenvalue weighted by atomic mass is 28.2. The van der Waals surface area contributed by atoms with Gasteiger partial charge in [-0.3, -0.25) is 0 Å². The molecule has 0 atom stereocenters. The Labute approximate surface area is 140 Å². The Balaban J connectivity index is 1.78. The van der Waals surface area contributed by atoms with Gasteiger partial charge in [0.15, 0.2) is 0 Å². The molecule has 0 aromatic heterocycles. The van der Waals surface area contributed by atoms with Crippen molar-refractivity contribution >= 4 is 30.7 Å². The van der Waals surface area contributed by atoms with E-state index in [0.717, 1.165) is 13.1 Å². The lowest BCUT2D eigenvalue weighted by Crippen LogP contribution is -2.30. The maximum atomic E-state index is 2.62. The molecule has 0 unspecified atom stereocenters. The molecule has 2 aromatic rings. The third kappa shape index (κ3) is 5.03. The Hall–Kier alpha value is -1.53. The number of hydrogen-bond acceptors (Lipinski definition) is 2. The van der Waals surface area contributed by atoms with Gasteiger partial charge in [0, 0.05) is 24.5 Å². The van der Waals surface area contributed by atoms with Crippen LogP contribution in [0.5, 0.6) is 0 Å². The predicted molar refractivity (Wildman–Crippen MR) is 106 cm³/mol. The van der Waals surface area contributed by atoms with Crippen LogP contribution in [0.1, 0.15) is 13.8 Å². The molecule has 0 spiro atoms. The highest BCUT2D eigenvalue weighted by Crippen LogP contribution is 2.15. The van der Waals surface area contributed by atoms with Crippen LogP contribution in [0.2, 0.25) is 12.1 Å². The number of benzene rings is 2. The standard InChI is InChI=1S/C18H28N2Si2/c1-3-19(17-11-7-5-8-12-17)21-15-16-22-20(4-2)18-13-9-6-10-14-18/h5-14H,3-4,15-16,21-22H2,1-2H3. The molecule has 0 amide bonds. The summed E-state index contributed by atoms with van der Waals surface area (Å²) in [5.74, 6) is 0. The van der Waals surface area contributed by atoms with Crippen molar-refractivity contribution in [1.29, 1.82) is 0 Å². The fraction of sp³-hybridized carbons (Fsp3) is 0.333. The molecule has 0 aliphatic carbocycles.